The van der Waals surface area contributed by atoms with Crippen LogP contribution in [0.3, 0.4) is 0 Å². The summed E-state index contributed by atoms with van der Waals surface area (Å²) in [4.78, 5) is 26.1. The fourth-order valence-electron chi connectivity index (χ4n) is 3.15. The third-order valence-corrected chi connectivity index (χ3v) is 5.07. The Morgan fingerprint density at radius 2 is 1.88 bits per heavy atom. The fraction of sp³-hybridized carbons (Fsp3) is 0.280. The number of nitriles is 1. The predicted octanol–water partition coefficient (Wildman–Crippen LogP) is 4.86. The van der Waals surface area contributed by atoms with Crippen molar-refractivity contribution in [2.24, 2.45) is 5.41 Å². The second-order valence-electron chi connectivity index (χ2n) is 8.98. The molecule has 0 aliphatic heterocycles. The van der Waals surface area contributed by atoms with Gasteiger partial charge in [-0.15, -0.1) is 0 Å². The first-order chi connectivity index (χ1) is 16.0. The maximum Gasteiger partial charge on any atom is 0.323 e. The number of amides is 1. The molecule has 0 saturated heterocycles. The number of aromatic nitrogens is 2. The van der Waals surface area contributed by atoms with Gasteiger partial charge in [0.1, 0.15) is 18.4 Å². The maximum absolute atomic E-state index is 13.4. The highest BCUT2D eigenvalue weighted by molar-refractivity contribution is 6.30. The fourth-order valence-corrected chi connectivity index (χ4v) is 3.28. The van der Waals surface area contributed by atoms with Crippen molar-refractivity contribution in [1.82, 2.24) is 9.78 Å². The Morgan fingerprint density at radius 1 is 1.21 bits per heavy atom. The average Bonchev–Trinajstić information content (AvgIpc) is 3.17. The lowest BCUT2D eigenvalue weighted by molar-refractivity contribution is -0.135. The van der Waals surface area contributed by atoms with E-state index in [4.69, 9.17) is 16.3 Å². The van der Waals surface area contributed by atoms with Crippen LogP contribution in [0.1, 0.15) is 42.4 Å². The van der Waals surface area contributed by atoms with Gasteiger partial charge in [0.05, 0.1) is 29.1 Å². The molecule has 8 nitrogen and oxygen atoms in total. The largest absolute Gasteiger partial charge is 0.492 e. The van der Waals surface area contributed by atoms with E-state index in [-0.39, 0.29) is 22.2 Å². The molecule has 0 bridgehead atoms. The van der Waals surface area contributed by atoms with Crippen molar-refractivity contribution in [3.63, 3.8) is 0 Å². The molecule has 3 aromatic rings. The van der Waals surface area contributed by atoms with E-state index in [0.29, 0.717) is 28.8 Å². The molecule has 0 spiro atoms. The standard InChI is InChI=1S/C25H25ClN4O4/c1-16-21(13-30(28-16)19-7-5-18(26)6-8-19)24(33)29(14-23(31)32)20-9-10-22(17(11-20)12-27)34-15-25(2,3)4/h5-11,13H,14-15H2,1-4H3,(H,31,32). The van der Waals surface area contributed by atoms with Gasteiger partial charge in [0.15, 0.2) is 0 Å². The molecule has 1 amide bonds. The van der Waals surface area contributed by atoms with Crippen LogP contribution in [0.15, 0.2) is 48.7 Å². The minimum atomic E-state index is -1.19. The Bertz CT molecular complexity index is 1250. The first kappa shape index (κ1) is 24.8. The van der Waals surface area contributed by atoms with Gasteiger partial charge in [-0.1, -0.05) is 32.4 Å². The highest BCUT2D eigenvalue weighted by Gasteiger charge is 2.25. The van der Waals surface area contributed by atoms with E-state index in [9.17, 15) is 20.0 Å². The molecule has 0 aliphatic carbocycles. The number of carbonyl (C=O) groups is 2. The van der Waals surface area contributed by atoms with Crippen LogP contribution in [0.25, 0.3) is 5.69 Å². The van der Waals surface area contributed by atoms with Gasteiger partial charge in [0, 0.05) is 16.9 Å². The van der Waals surface area contributed by atoms with Gasteiger partial charge in [-0.2, -0.15) is 10.4 Å². The highest BCUT2D eigenvalue weighted by atomic mass is 35.5. The van der Waals surface area contributed by atoms with Gasteiger partial charge in [-0.25, -0.2) is 4.68 Å². The van der Waals surface area contributed by atoms with Crippen LogP contribution < -0.4 is 9.64 Å². The third-order valence-electron chi connectivity index (χ3n) is 4.81. The predicted molar refractivity (Wildman–Crippen MR) is 129 cm³/mol. The van der Waals surface area contributed by atoms with Gasteiger partial charge in [-0.3, -0.25) is 14.5 Å². The SMILES string of the molecule is Cc1nn(-c2ccc(Cl)cc2)cc1C(=O)N(CC(=O)O)c1ccc(OCC(C)(C)C)c(C#N)c1. The Balaban J connectivity index is 1.96. The molecule has 1 aromatic heterocycles. The molecule has 0 saturated carbocycles. The number of anilines is 1. The quantitative estimate of drug-likeness (QED) is 0.517. The van der Waals surface area contributed by atoms with Crippen LogP contribution in [0.2, 0.25) is 5.02 Å². The zero-order valence-electron chi connectivity index (χ0n) is 19.4. The Morgan fingerprint density at radius 3 is 2.47 bits per heavy atom. The smallest absolute Gasteiger partial charge is 0.323 e. The molecule has 3 rings (SSSR count). The van der Waals surface area contributed by atoms with Crippen LogP contribution in [0.4, 0.5) is 5.69 Å². The van der Waals surface area contributed by atoms with Crippen molar-refractivity contribution in [2.45, 2.75) is 27.7 Å². The molecule has 9 heteroatoms. The first-order valence-corrected chi connectivity index (χ1v) is 10.9. The molecule has 2 aromatic carbocycles. The lowest BCUT2D eigenvalue weighted by Gasteiger charge is -2.23. The summed E-state index contributed by atoms with van der Waals surface area (Å²) in [5.41, 5.74) is 1.73. The summed E-state index contributed by atoms with van der Waals surface area (Å²) in [6.07, 6.45) is 1.54. The van der Waals surface area contributed by atoms with Gasteiger partial charge >= 0.3 is 5.97 Å². The lowest BCUT2D eigenvalue weighted by atomic mass is 9.98. The highest BCUT2D eigenvalue weighted by Crippen LogP contribution is 2.28. The van der Waals surface area contributed by atoms with E-state index in [1.165, 1.54) is 10.7 Å². The van der Waals surface area contributed by atoms with E-state index in [1.807, 2.05) is 20.8 Å². The van der Waals surface area contributed by atoms with Gasteiger partial charge in [0.25, 0.3) is 5.91 Å². The summed E-state index contributed by atoms with van der Waals surface area (Å²) in [5, 5.41) is 24.0. The summed E-state index contributed by atoms with van der Waals surface area (Å²) in [6, 6.07) is 13.6. The molecule has 0 fully saturated rings. The van der Waals surface area contributed by atoms with Crippen LogP contribution in [-0.4, -0.2) is 39.9 Å². The number of nitrogens with zero attached hydrogens (tertiary/aromatic N) is 4. The van der Waals surface area contributed by atoms with Crippen LogP contribution in [-0.2, 0) is 4.79 Å². The average molecular weight is 481 g/mol. The summed E-state index contributed by atoms with van der Waals surface area (Å²) < 4.78 is 7.30. The van der Waals surface area contributed by atoms with Crippen molar-refractivity contribution < 1.29 is 19.4 Å². The Hall–Kier alpha value is -3.83. The van der Waals surface area contributed by atoms with Crippen molar-refractivity contribution >= 4 is 29.2 Å². The molecular formula is C25H25ClN4O4. The summed E-state index contributed by atoms with van der Waals surface area (Å²) >= 11 is 5.94. The lowest BCUT2D eigenvalue weighted by Crippen LogP contribution is -2.36. The van der Waals surface area contributed by atoms with Crippen molar-refractivity contribution in [1.29, 1.82) is 5.26 Å². The molecule has 1 heterocycles. The second-order valence-corrected chi connectivity index (χ2v) is 9.41. The minimum Gasteiger partial charge on any atom is -0.492 e. The number of benzene rings is 2. The number of hydrogen-bond donors (Lipinski definition) is 1. The molecule has 176 valence electrons. The minimum absolute atomic E-state index is 0.113. The van der Waals surface area contributed by atoms with E-state index in [0.717, 1.165) is 4.90 Å². The summed E-state index contributed by atoms with van der Waals surface area (Å²) in [6.45, 7) is 7.50. The number of rotatable bonds is 7. The van der Waals surface area contributed by atoms with Gasteiger partial charge in [0.2, 0.25) is 0 Å². The monoisotopic (exact) mass is 480 g/mol. The van der Waals surface area contributed by atoms with E-state index in [2.05, 4.69) is 11.2 Å². The second kappa shape index (κ2) is 9.98. The first-order valence-electron chi connectivity index (χ1n) is 10.5. The number of carbonyl (C=O) groups excluding carboxylic acids is 1. The number of hydrogen-bond acceptors (Lipinski definition) is 5. The van der Waals surface area contributed by atoms with E-state index >= 15 is 0 Å². The van der Waals surface area contributed by atoms with Crippen LogP contribution in [0, 0.1) is 23.7 Å². The van der Waals surface area contributed by atoms with Gasteiger partial charge < -0.3 is 9.84 Å². The number of aryl methyl sites for hydroxylation is 1. The molecule has 0 unspecified atom stereocenters. The number of ether oxygens (including phenoxy) is 1. The van der Waals surface area contributed by atoms with E-state index < -0.39 is 18.4 Å². The maximum atomic E-state index is 13.4. The number of carboxylic acids is 1. The topological polar surface area (TPSA) is 108 Å². The Kier molecular flexibility index (Phi) is 7.28. The third kappa shape index (κ3) is 5.94. The Labute approximate surface area is 202 Å². The molecule has 0 radical (unpaired) electrons. The van der Waals surface area contributed by atoms with E-state index in [1.54, 1.807) is 49.5 Å². The van der Waals surface area contributed by atoms with Crippen molar-refractivity contribution in [3.8, 4) is 17.5 Å². The normalized spacial score (nSPS) is 11.1. The zero-order chi connectivity index (χ0) is 25.0. The van der Waals surface area contributed by atoms with Crippen LogP contribution >= 0.6 is 11.6 Å². The molecule has 0 atom stereocenters. The molecule has 1 N–H and O–H groups in total. The number of carboxylic acid groups (broad SMARTS) is 1. The van der Waals surface area contributed by atoms with Gasteiger partial charge in [-0.05, 0) is 54.8 Å². The van der Waals surface area contributed by atoms with Crippen molar-refractivity contribution in [3.05, 3.63) is 70.5 Å². The van der Waals surface area contributed by atoms with Crippen LogP contribution in [0.5, 0.6) is 5.75 Å². The molecule has 34 heavy (non-hydrogen) atoms. The number of halogens is 1. The molecular weight excluding hydrogens is 456 g/mol. The molecule has 0 aliphatic rings. The number of aliphatic carboxylic acids is 1. The zero-order valence-corrected chi connectivity index (χ0v) is 20.1. The summed E-state index contributed by atoms with van der Waals surface area (Å²) in [7, 11) is 0. The summed E-state index contributed by atoms with van der Waals surface area (Å²) in [5.74, 6) is -1.37. The van der Waals surface area contributed by atoms with Crippen molar-refractivity contribution in [2.75, 3.05) is 18.1 Å².